The van der Waals surface area contributed by atoms with Gasteiger partial charge in [-0.2, -0.15) is 5.10 Å². The number of nitrogens with one attached hydrogen (secondary N) is 1. The topological polar surface area (TPSA) is 85.9 Å². The highest BCUT2D eigenvalue weighted by Crippen LogP contribution is 2.35. The predicted octanol–water partition coefficient (Wildman–Crippen LogP) is 2.70. The van der Waals surface area contributed by atoms with Crippen molar-refractivity contribution in [3.63, 3.8) is 0 Å². The lowest BCUT2D eigenvalue weighted by molar-refractivity contribution is 0.0955. The fourth-order valence-corrected chi connectivity index (χ4v) is 2.17. The van der Waals surface area contributed by atoms with Crippen LogP contribution in [0.1, 0.15) is 15.9 Å². The molecule has 120 valence electrons. The maximum absolute atomic E-state index is 11.9. The van der Waals surface area contributed by atoms with Crippen molar-refractivity contribution in [3.05, 3.63) is 52.5 Å². The molecule has 2 aromatic rings. The van der Waals surface area contributed by atoms with Crippen LogP contribution in [0.3, 0.4) is 0 Å². The predicted molar refractivity (Wildman–Crippen MR) is 90.5 cm³/mol. The molecule has 0 bridgehead atoms. The second kappa shape index (κ2) is 7.51. The highest BCUT2D eigenvalue weighted by atomic mass is 35.5. The normalized spacial score (nSPS) is 10.6. The van der Waals surface area contributed by atoms with E-state index >= 15 is 0 Å². The molecule has 3 N–H and O–H groups in total. The molecule has 2 rings (SSSR count). The smallest absolute Gasteiger partial charge is 0.271 e. The summed E-state index contributed by atoms with van der Waals surface area (Å²) in [5.41, 5.74) is 9.70. The van der Waals surface area contributed by atoms with Crippen LogP contribution in [-0.2, 0) is 0 Å². The number of carbonyl (C=O) groups excluding carboxylic acids is 1. The summed E-state index contributed by atoms with van der Waals surface area (Å²) in [4.78, 5) is 11.9. The van der Waals surface area contributed by atoms with Crippen molar-refractivity contribution in [1.29, 1.82) is 0 Å². The molecule has 7 heteroatoms. The zero-order chi connectivity index (χ0) is 16.8. The van der Waals surface area contributed by atoms with Crippen LogP contribution in [-0.4, -0.2) is 26.3 Å². The van der Waals surface area contributed by atoms with E-state index in [4.69, 9.17) is 26.8 Å². The Labute approximate surface area is 138 Å². The Balaban J connectivity index is 2.10. The second-order valence-electron chi connectivity index (χ2n) is 4.56. The van der Waals surface area contributed by atoms with Gasteiger partial charge >= 0.3 is 0 Å². The summed E-state index contributed by atoms with van der Waals surface area (Å²) in [5.74, 6) is 0.580. The van der Waals surface area contributed by atoms with Crippen LogP contribution in [0.2, 0.25) is 5.02 Å². The van der Waals surface area contributed by atoms with Crippen LogP contribution in [0.4, 0.5) is 5.69 Å². The van der Waals surface area contributed by atoms with Gasteiger partial charge in [-0.25, -0.2) is 5.43 Å². The van der Waals surface area contributed by atoms with Crippen LogP contribution < -0.4 is 20.6 Å². The number of halogens is 1. The number of ether oxygens (including phenoxy) is 2. The lowest BCUT2D eigenvalue weighted by atomic mass is 10.2. The summed E-state index contributed by atoms with van der Waals surface area (Å²) in [5, 5.41) is 4.29. The molecule has 0 fully saturated rings. The van der Waals surface area contributed by atoms with Crippen molar-refractivity contribution >= 4 is 29.4 Å². The molecule has 0 saturated heterocycles. The first kappa shape index (κ1) is 16.6. The highest BCUT2D eigenvalue weighted by molar-refractivity contribution is 6.32. The van der Waals surface area contributed by atoms with Gasteiger partial charge < -0.3 is 15.2 Å². The van der Waals surface area contributed by atoms with Crippen molar-refractivity contribution in [2.24, 2.45) is 5.10 Å². The van der Waals surface area contributed by atoms with E-state index in [9.17, 15) is 4.79 Å². The van der Waals surface area contributed by atoms with Gasteiger partial charge in [-0.3, -0.25) is 4.79 Å². The van der Waals surface area contributed by atoms with Crippen molar-refractivity contribution < 1.29 is 14.3 Å². The number of amides is 1. The first-order valence-electron chi connectivity index (χ1n) is 6.65. The average Bonchev–Trinajstić information content (AvgIpc) is 2.54. The van der Waals surface area contributed by atoms with Crippen LogP contribution in [0.5, 0.6) is 11.5 Å². The number of hydrogen-bond acceptors (Lipinski definition) is 5. The summed E-state index contributed by atoms with van der Waals surface area (Å²) >= 11 is 6.10. The van der Waals surface area contributed by atoms with Gasteiger partial charge in [0.25, 0.3) is 5.91 Å². The zero-order valence-corrected chi connectivity index (χ0v) is 13.4. The second-order valence-corrected chi connectivity index (χ2v) is 4.97. The van der Waals surface area contributed by atoms with E-state index in [-0.39, 0.29) is 5.91 Å². The molecule has 6 nitrogen and oxygen atoms in total. The number of rotatable bonds is 5. The van der Waals surface area contributed by atoms with Gasteiger partial charge in [0.1, 0.15) is 0 Å². The number of methoxy groups -OCH3 is 2. The highest BCUT2D eigenvalue weighted by Gasteiger charge is 2.10. The summed E-state index contributed by atoms with van der Waals surface area (Å²) in [6, 6.07) is 9.88. The fraction of sp³-hybridized carbons (Fsp3) is 0.125. The fourth-order valence-electron chi connectivity index (χ4n) is 1.88. The molecule has 0 unspecified atom stereocenters. The SMILES string of the molecule is COc1cc(/C=N/NC(=O)c2ccc(N)cc2)cc(Cl)c1OC. The zero-order valence-electron chi connectivity index (χ0n) is 12.7. The number of nitrogens with two attached hydrogens (primary N) is 1. The number of anilines is 1. The quantitative estimate of drug-likeness (QED) is 0.500. The van der Waals surface area contributed by atoms with Crippen LogP contribution in [0.15, 0.2) is 41.5 Å². The standard InChI is InChI=1S/C16H16ClN3O3/c1-22-14-8-10(7-13(17)15(14)23-2)9-19-20-16(21)11-3-5-12(18)6-4-11/h3-9H,18H2,1-2H3,(H,20,21)/b19-9+. The van der Waals surface area contributed by atoms with E-state index in [1.807, 2.05) is 0 Å². The Kier molecular flexibility index (Phi) is 5.43. The number of hydrazone groups is 1. The Morgan fingerprint density at radius 1 is 1.22 bits per heavy atom. The van der Waals surface area contributed by atoms with Gasteiger partial charge in [-0.15, -0.1) is 0 Å². The first-order chi connectivity index (χ1) is 11.0. The molecule has 23 heavy (non-hydrogen) atoms. The molecule has 0 aliphatic heterocycles. The Bertz CT molecular complexity index is 730. The minimum absolute atomic E-state index is 0.340. The molecular formula is C16H16ClN3O3. The van der Waals surface area contributed by atoms with Crippen molar-refractivity contribution in [3.8, 4) is 11.5 Å². The van der Waals surface area contributed by atoms with E-state index in [2.05, 4.69) is 10.5 Å². The molecule has 0 radical (unpaired) electrons. The molecule has 0 spiro atoms. The van der Waals surface area contributed by atoms with Crippen molar-refractivity contribution in [2.45, 2.75) is 0 Å². The van der Waals surface area contributed by atoms with Gasteiger partial charge in [-0.05, 0) is 42.0 Å². The molecule has 1 amide bonds. The van der Waals surface area contributed by atoms with Gasteiger partial charge in [-0.1, -0.05) is 11.6 Å². The van der Waals surface area contributed by atoms with Crippen molar-refractivity contribution in [1.82, 2.24) is 5.43 Å². The van der Waals surface area contributed by atoms with Gasteiger partial charge in [0, 0.05) is 11.3 Å². The molecular weight excluding hydrogens is 318 g/mol. The summed E-state index contributed by atoms with van der Waals surface area (Å²) in [7, 11) is 3.02. The third-order valence-corrected chi connectivity index (χ3v) is 3.29. The van der Waals surface area contributed by atoms with E-state index in [0.717, 1.165) is 0 Å². The Morgan fingerprint density at radius 3 is 2.52 bits per heavy atom. The van der Waals surface area contributed by atoms with Crippen LogP contribution >= 0.6 is 11.6 Å². The maximum Gasteiger partial charge on any atom is 0.271 e. The van der Waals surface area contributed by atoms with Crippen LogP contribution in [0.25, 0.3) is 0 Å². The molecule has 0 aliphatic carbocycles. The number of nitrogen functional groups attached to an aromatic ring is 1. The first-order valence-corrected chi connectivity index (χ1v) is 7.03. The lowest BCUT2D eigenvalue weighted by Gasteiger charge is -2.09. The van der Waals surface area contributed by atoms with E-state index in [1.165, 1.54) is 20.4 Å². The third kappa shape index (κ3) is 4.14. The number of benzene rings is 2. The van der Waals surface area contributed by atoms with E-state index in [1.54, 1.807) is 36.4 Å². The molecule has 0 aromatic heterocycles. The van der Waals surface area contributed by atoms with Gasteiger partial charge in [0.2, 0.25) is 0 Å². The summed E-state index contributed by atoms with van der Waals surface area (Å²) in [6.07, 6.45) is 1.46. The van der Waals surface area contributed by atoms with E-state index < -0.39 is 0 Å². The third-order valence-electron chi connectivity index (χ3n) is 3.01. The molecule has 0 aliphatic rings. The lowest BCUT2D eigenvalue weighted by Crippen LogP contribution is -2.17. The number of carbonyl (C=O) groups is 1. The van der Waals surface area contributed by atoms with Gasteiger partial charge in [0.05, 0.1) is 25.5 Å². The van der Waals surface area contributed by atoms with Crippen molar-refractivity contribution in [2.75, 3.05) is 20.0 Å². The van der Waals surface area contributed by atoms with Crippen LogP contribution in [0, 0.1) is 0 Å². The minimum atomic E-state index is -0.340. The Hall–Kier alpha value is -2.73. The molecule has 0 atom stereocenters. The maximum atomic E-state index is 11.9. The molecule has 2 aromatic carbocycles. The molecule has 0 saturated carbocycles. The largest absolute Gasteiger partial charge is 0.493 e. The Morgan fingerprint density at radius 2 is 1.91 bits per heavy atom. The van der Waals surface area contributed by atoms with E-state index in [0.29, 0.717) is 33.3 Å². The molecule has 0 heterocycles. The number of hydrogen-bond donors (Lipinski definition) is 2. The summed E-state index contributed by atoms with van der Waals surface area (Å²) < 4.78 is 10.3. The summed E-state index contributed by atoms with van der Waals surface area (Å²) in [6.45, 7) is 0. The minimum Gasteiger partial charge on any atom is -0.493 e. The van der Waals surface area contributed by atoms with Gasteiger partial charge in [0.15, 0.2) is 11.5 Å². The number of nitrogens with zero attached hydrogens (tertiary/aromatic N) is 1. The average molecular weight is 334 g/mol. The monoisotopic (exact) mass is 333 g/mol.